The molecule has 3 N–H and O–H groups in total. The molecule has 1 heterocycles. The molecule has 8 nitrogen and oxygen atoms in total. The molecule has 1 aromatic heterocycles. The zero-order valence-corrected chi connectivity index (χ0v) is 19.5. The SMILES string of the molecule is C=CCn1c(=S)[nH]c2cc(C(=O)NCCc3ccc(OCC(=O)NC4CC4)cc3)ccc2c1=O. The summed E-state index contributed by atoms with van der Waals surface area (Å²) in [4.78, 5) is 39.9. The molecule has 1 aliphatic rings. The molecule has 9 heteroatoms. The van der Waals surface area contributed by atoms with E-state index in [9.17, 15) is 14.4 Å². The normalized spacial score (nSPS) is 12.8. The largest absolute Gasteiger partial charge is 0.484 e. The Kier molecular flexibility index (Phi) is 7.22. The number of nitrogens with one attached hydrogen (secondary N) is 3. The van der Waals surface area contributed by atoms with Gasteiger partial charge >= 0.3 is 0 Å². The van der Waals surface area contributed by atoms with Crippen LogP contribution in [-0.2, 0) is 17.8 Å². The minimum Gasteiger partial charge on any atom is -0.484 e. The number of H-pyrrole nitrogens is 1. The first-order chi connectivity index (χ1) is 16.4. The quantitative estimate of drug-likeness (QED) is 0.307. The molecule has 1 fully saturated rings. The van der Waals surface area contributed by atoms with Gasteiger partial charge in [0.1, 0.15) is 5.75 Å². The van der Waals surface area contributed by atoms with Crippen LogP contribution in [0.25, 0.3) is 10.9 Å². The van der Waals surface area contributed by atoms with Gasteiger partial charge in [-0.3, -0.25) is 19.0 Å². The van der Waals surface area contributed by atoms with Crippen LogP contribution in [0.15, 0.2) is 59.9 Å². The third-order valence-corrected chi connectivity index (χ3v) is 5.81. The molecule has 0 aliphatic heterocycles. The fraction of sp³-hybridized carbons (Fsp3) is 0.280. The van der Waals surface area contributed by atoms with Crippen LogP contribution in [0.4, 0.5) is 0 Å². The summed E-state index contributed by atoms with van der Waals surface area (Å²) in [5.41, 5.74) is 1.76. The molecule has 176 valence electrons. The fourth-order valence-corrected chi connectivity index (χ4v) is 3.78. The van der Waals surface area contributed by atoms with E-state index in [0.717, 1.165) is 18.4 Å². The lowest BCUT2D eigenvalue weighted by Crippen LogP contribution is -2.30. The topological polar surface area (TPSA) is 105 Å². The van der Waals surface area contributed by atoms with E-state index in [-0.39, 0.29) is 28.8 Å². The molecule has 0 atom stereocenters. The molecule has 4 rings (SSSR count). The number of allylic oxidation sites excluding steroid dienone is 1. The Morgan fingerprint density at radius 2 is 1.97 bits per heavy atom. The predicted octanol–water partition coefficient (Wildman–Crippen LogP) is 2.87. The third kappa shape index (κ3) is 5.79. The first-order valence-corrected chi connectivity index (χ1v) is 11.5. The fourth-order valence-electron chi connectivity index (χ4n) is 3.51. The Labute approximate surface area is 201 Å². The Hall–Kier alpha value is -3.72. The highest BCUT2D eigenvalue weighted by Crippen LogP contribution is 2.18. The minimum atomic E-state index is -0.238. The first-order valence-electron chi connectivity index (χ1n) is 11.1. The molecule has 1 saturated carbocycles. The van der Waals surface area contributed by atoms with Gasteiger partial charge in [0.2, 0.25) is 0 Å². The molecule has 0 radical (unpaired) electrons. The minimum absolute atomic E-state index is 0.00411. The van der Waals surface area contributed by atoms with E-state index in [2.05, 4.69) is 22.2 Å². The van der Waals surface area contributed by atoms with Gasteiger partial charge in [0.15, 0.2) is 11.4 Å². The number of hydrogen-bond donors (Lipinski definition) is 3. The Morgan fingerprint density at radius 1 is 1.21 bits per heavy atom. The van der Waals surface area contributed by atoms with Gasteiger partial charge in [0.25, 0.3) is 17.4 Å². The maximum atomic E-state index is 12.6. The van der Waals surface area contributed by atoms with E-state index in [1.165, 1.54) is 4.57 Å². The highest BCUT2D eigenvalue weighted by molar-refractivity contribution is 7.71. The van der Waals surface area contributed by atoms with Gasteiger partial charge in [0.05, 0.1) is 10.9 Å². The van der Waals surface area contributed by atoms with E-state index in [4.69, 9.17) is 17.0 Å². The molecule has 0 saturated heterocycles. The van der Waals surface area contributed by atoms with E-state index in [0.29, 0.717) is 47.8 Å². The summed E-state index contributed by atoms with van der Waals surface area (Å²) in [6.45, 7) is 4.40. The molecule has 1 aliphatic carbocycles. The average molecular weight is 479 g/mol. The number of hydrogen-bond acceptors (Lipinski definition) is 5. The molecule has 2 amide bonds. The second-order valence-corrected chi connectivity index (χ2v) is 8.56. The van der Waals surface area contributed by atoms with Crippen LogP contribution in [-0.4, -0.2) is 40.6 Å². The van der Waals surface area contributed by atoms with Crippen molar-refractivity contribution in [2.45, 2.75) is 31.8 Å². The second-order valence-electron chi connectivity index (χ2n) is 8.18. The summed E-state index contributed by atoms with van der Waals surface area (Å²) in [6, 6.07) is 12.6. The first kappa shape index (κ1) is 23.4. The zero-order valence-electron chi connectivity index (χ0n) is 18.6. The van der Waals surface area contributed by atoms with Crippen molar-refractivity contribution < 1.29 is 14.3 Å². The van der Waals surface area contributed by atoms with Gasteiger partial charge in [0, 0.05) is 24.7 Å². The summed E-state index contributed by atoms with van der Waals surface area (Å²) in [6.07, 6.45) is 4.33. The maximum absolute atomic E-state index is 12.6. The van der Waals surface area contributed by atoms with Gasteiger partial charge in [-0.15, -0.1) is 6.58 Å². The van der Waals surface area contributed by atoms with Gasteiger partial charge in [-0.1, -0.05) is 18.2 Å². The van der Waals surface area contributed by atoms with Crippen molar-refractivity contribution >= 4 is 34.9 Å². The lowest BCUT2D eigenvalue weighted by Gasteiger charge is -2.09. The second kappa shape index (κ2) is 10.5. The number of benzene rings is 2. The maximum Gasteiger partial charge on any atom is 0.262 e. The molecule has 34 heavy (non-hydrogen) atoms. The van der Waals surface area contributed by atoms with Crippen LogP contribution in [0.5, 0.6) is 5.75 Å². The molecule has 3 aromatic rings. The lowest BCUT2D eigenvalue weighted by molar-refractivity contribution is -0.123. The van der Waals surface area contributed by atoms with Crippen molar-refractivity contribution in [3.63, 3.8) is 0 Å². The van der Waals surface area contributed by atoms with Crippen LogP contribution in [0.1, 0.15) is 28.8 Å². The van der Waals surface area contributed by atoms with Crippen LogP contribution in [0, 0.1) is 4.77 Å². The number of carbonyl (C=O) groups excluding carboxylic acids is 2. The van der Waals surface area contributed by atoms with Gasteiger partial charge in [-0.2, -0.15) is 0 Å². The highest BCUT2D eigenvalue weighted by atomic mass is 32.1. The van der Waals surface area contributed by atoms with Crippen molar-refractivity contribution in [1.29, 1.82) is 0 Å². The van der Waals surface area contributed by atoms with Crippen molar-refractivity contribution in [2.75, 3.05) is 13.2 Å². The average Bonchev–Trinajstić information content (AvgIpc) is 3.64. The van der Waals surface area contributed by atoms with Gasteiger partial charge in [-0.05, 0) is 67.4 Å². The molecule has 0 bridgehead atoms. The summed E-state index contributed by atoms with van der Waals surface area (Å²) < 4.78 is 7.21. The monoisotopic (exact) mass is 478 g/mol. The van der Waals surface area contributed by atoms with Crippen LogP contribution >= 0.6 is 12.2 Å². The number of carbonyl (C=O) groups is 2. The van der Waals surface area contributed by atoms with Crippen LogP contribution in [0.3, 0.4) is 0 Å². The molecule has 2 aromatic carbocycles. The van der Waals surface area contributed by atoms with Crippen LogP contribution < -0.4 is 20.9 Å². The van der Waals surface area contributed by atoms with Crippen molar-refractivity contribution in [1.82, 2.24) is 20.2 Å². The van der Waals surface area contributed by atoms with Crippen molar-refractivity contribution in [2.24, 2.45) is 0 Å². The summed E-state index contributed by atoms with van der Waals surface area (Å²) >= 11 is 5.25. The lowest BCUT2D eigenvalue weighted by atomic mass is 10.1. The molecular formula is C25H26N4O4S. The number of rotatable bonds is 10. The Balaban J connectivity index is 1.30. The van der Waals surface area contributed by atoms with E-state index in [1.54, 1.807) is 24.3 Å². The molecule has 0 spiro atoms. The van der Waals surface area contributed by atoms with Crippen LogP contribution in [0.2, 0.25) is 0 Å². The van der Waals surface area contributed by atoms with E-state index >= 15 is 0 Å². The van der Waals surface area contributed by atoms with Gasteiger partial charge in [-0.25, -0.2) is 0 Å². The molecule has 0 unspecified atom stereocenters. The number of nitrogens with zero attached hydrogens (tertiary/aromatic N) is 1. The van der Waals surface area contributed by atoms with Crippen molar-refractivity contribution in [3.8, 4) is 5.75 Å². The Bertz CT molecular complexity index is 1340. The molecular weight excluding hydrogens is 452 g/mol. The Morgan fingerprint density at radius 3 is 2.68 bits per heavy atom. The van der Waals surface area contributed by atoms with E-state index in [1.807, 2.05) is 24.3 Å². The summed E-state index contributed by atoms with van der Waals surface area (Å²) in [5, 5.41) is 6.23. The van der Waals surface area contributed by atoms with Gasteiger partial charge < -0.3 is 20.4 Å². The number of ether oxygens (including phenoxy) is 1. The number of aromatic nitrogens is 2. The summed E-state index contributed by atoms with van der Waals surface area (Å²) in [5.74, 6) is 0.282. The number of aromatic amines is 1. The summed E-state index contributed by atoms with van der Waals surface area (Å²) in [7, 11) is 0. The predicted molar refractivity (Wildman–Crippen MR) is 133 cm³/mol. The van der Waals surface area contributed by atoms with Crippen molar-refractivity contribution in [3.05, 3.63) is 81.4 Å². The smallest absolute Gasteiger partial charge is 0.262 e. The zero-order chi connectivity index (χ0) is 24.1. The number of amides is 2. The van der Waals surface area contributed by atoms with E-state index < -0.39 is 0 Å². The highest BCUT2D eigenvalue weighted by Gasteiger charge is 2.23. The third-order valence-electron chi connectivity index (χ3n) is 5.49. The number of fused-ring (bicyclic) bond motifs is 1. The standard InChI is InChI=1S/C25H26N4O4S/c1-2-13-29-24(32)20-10-5-17(14-21(20)28-25(29)34)23(31)26-12-11-16-3-8-19(9-4-16)33-15-22(30)27-18-6-7-18/h2-5,8-10,14,18H,1,6-7,11-13,15H2,(H,26,31)(H,27,30)(H,28,34).